The van der Waals surface area contributed by atoms with Crippen LogP contribution < -0.4 is 10.6 Å². The number of aliphatic hydroxyl groups excluding tert-OH is 1. The van der Waals surface area contributed by atoms with Gasteiger partial charge in [-0.3, -0.25) is 0 Å². The molecule has 0 saturated carbocycles. The summed E-state index contributed by atoms with van der Waals surface area (Å²) in [5.74, 6) is -0.212. The van der Waals surface area contributed by atoms with E-state index in [1.54, 1.807) is 0 Å². The standard InChI is InChI=1S/C11H14ClFN2O/c12-8-3-10(14)11(4-9(8)13)15-2-1-7(5-15)6-16/h3-4,7,16H,1-2,5-6,14H2. The van der Waals surface area contributed by atoms with E-state index < -0.39 is 5.82 Å². The number of anilines is 2. The SMILES string of the molecule is Nc1cc(Cl)c(F)cc1N1CCC(CO)C1. The lowest BCUT2D eigenvalue weighted by atomic mass is 10.1. The van der Waals surface area contributed by atoms with Crippen molar-refractivity contribution in [1.29, 1.82) is 0 Å². The first kappa shape index (κ1) is 11.5. The van der Waals surface area contributed by atoms with Gasteiger partial charge in [0.2, 0.25) is 0 Å². The van der Waals surface area contributed by atoms with E-state index in [1.165, 1.54) is 12.1 Å². The molecule has 0 radical (unpaired) electrons. The Bertz CT molecular complexity index is 400. The summed E-state index contributed by atoms with van der Waals surface area (Å²) in [6.07, 6.45) is 0.903. The van der Waals surface area contributed by atoms with Crippen LogP contribution in [0.25, 0.3) is 0 Å². The van der Waals surface area contributed by atoms with Crippen molar-refractivity contribution in [2.75, 3.05) is 30.3 Å². The summed E-state index contributed by atoms with van der Waals surface area (Å²) in [5.41, 5.74) is 6.94. The number of nitrogens with two attached hydrogens (primary N) is 1. The van der Waals surface area contributed by atoms with Crippen molar-refractivity contribution in [2.45, 2.75) is 6.42 Å². The van der Waals surface area contributed by atoms with Crippen LogP contribution in [0.3, 0.4) is 0 Å². The van der Waals surface area contributed by atoms with Gasteiger partial charge in [0.1, 0.15) is 5.82 Å². The molecular formula is C11H14ClFN2O. The Hall–Kier alpha value is -1.00. The molecule has 0 spiro atoms. The van der Waals surface area contributed by atoms with Gasteiger partial charge in [0, 0.05) is 31.7 Å². The molecule has 1 aromatic rings. The van der Waals surface area contributed by atoms with E-state index in [0.717, 1.165) is 13.0 Å². The Kier molecular flexibility index (Phi) is 3.21. The van der Waals surface area contributed by atoms with Crippen LogP contribution >= 0.6 is 11.6 Å². The summed E-state index contributed by atoms with van der Waals surface area (Å²) in [7, 11) is 0. The van der Waals surface area contributed by atoms with Crippen LogP contribution in [0.15, 0.2) is 12.1 Å². The highest BCUT2D eigenvalue weighted by atomic mass is 35.5. The zero-order valence-corrected chi connectivity index (χ0v) is 9.54. The van der Waals surface area contributed by atoms with E-state index in [4.69, 9.17) is 22.4 Å². The molecular weight excluding hydrogens is 231 g/mol. The molecule has 5 heteroatoms. The Morgan fingerprint density at radius 3 is 2.94 bits per heavy atom. The highest BCUT2D eigenvalue weighted by molar-refractivity contribution is 6.31. The third-order valence-corrected chi connectivity index (χ3v) is 3.24. The average molecular weight is 245 g/mol. The first-order valence-electron chi connectivity index (χ1n) is 5.22. The van der Waals surface area contributed by atoms with Crippen molar-refractivity contribution in [3.63, 3.8) is 0 Å². The maximum Gasteiger partial charge on any atom is 0.144 e. The molecule has 2 rings (SSSR count). The van der Waals surface area contributed by atoms with Crippen LogP contribution in [-0.4, -0.2) is 24.8 Å². The van der Waals surface area contributed by atoms with Crippen molar-refractivity contribution in [3.8, 4) is 0 Å². The quantitative estimate of drug-likeness (QED) is 0.781. The van der Waals surface area contributed by atoms with Crippen molar-refractivity contribution < 1.29 is 9.50 Å². The zero-order valence-electron chi connectivity index (χ0n) is 8.79. The fraction of sp³-hybridized carbons (Fsp3) is 0.455. The number of halogens is 2. The van der Waals surface area contributed by atoms with E-state index in [0.29, 0.717) is 17.9 Å². The Labute approximate surface area is 98.6 Å². The summed E-state index contributed by atoms with van der Waals surface area (Å²) in [6.45, 7) is 1.66. The van der Waals surface area contributed by atoms with Crippen LogP contribution in [0.1, 0.15) is 6.42 Å². The summed E-state index contributed by atoms with van der Waals surface area (Å²) in [6, 6.07) is 2.79. The maximum atomic E-state index is 13.3. The van der Waals surface area contributed by atoms with Gasteiger partial charge in [-0.05, 0) is 12.5 Å². The molecule has 1 heterocycles. The monoisotopic (exact) mass is 244 g/mol. The second-order valence-corrected chi connectivity index (χ2v) is 4.52. The molecule has 3 nitrogen and oxygen atoms in total. The van der Waals surface area contributed by atoms with Gasteiger partial charge in [0.05, 0.1) is 16.4 Å². The number of aliphatic hydroxyl groups is 1. The number of hydrogen-bond donors (Lipinski definition) is 2. The van der Waals surface area contributed by atoms with Gasteiger partial charge in [-0.1, -0.05) is 11.6 Å². The molecule has 0 amide bonds. The molecule has 0 aliphatic carbocycles. The predicted molar refractivity (Wildman–Crippen MR) is 63.2 cm³/mol. The zero-order chi connectivity index (χ0) is 11.7. The lowest BCUT2D eigenvalue weighted by Crippen LogP contribution is -2.21. The van der Waals surface area contributed by atoms with Crippen LogP contribution in [0.4, 0.5) is 15.8 Å². The van der Waals surface area contributed by atoms with Crippen molar-refractivity contribution in [1.82, 2.24) is 0 Å². The van der Waals surface area contributed by atoms with Crippen molar-refractivity contribution in [2.24, 2.45) is 5.92 Å². The predicted octanol–water partition coefficient (Wildman–Crippen LogP) is 1.88. The van der Waals surface area contributed by atoms with E-state index >= 15 is 0 Å². The van der Waals surface area contributed by atoms with Gasteiger partial charge >= 0.3 is 0 Å². The fourth-order valence-corrected chi connectivity index (χ4v) is 2.20. The molecule has 3 N–H and O–H groups in total. The van der Waals surface area contributed by atoms with Crippen molar-refractivity contribution in [3.05, 3.63) is 23.0 Å². The van der Waals surface area contributed by atoms with Gasteiger partial charge in [-0.25, -0.2) is 4.39 Å². The van der Waals surface area contributed by atoms with Gasteiger partial charge in [-0.2, -0.15) is 0 Å². The molecule has 1 aliphatic rings. The van der Waals surface area contributed by atoms with Gasteiger partial charge in [0.15, 0.2) is 0 Å². The lowest BCUT2D eigenvalue weighted by Gasteiger charge is -2.20. The number of rotatable bonds is 2. The second-order valence-electron chi connectivity index (χ2n) is 4.11. The van der Waals surface area contributed by atoms with E-state index in [2.05, 4.69) is 0 Å². The third-order valence-electron chi connectivity index (χ3n) is 2.95. The Balaban J connectivity index is 2.24. The molecule has 0 aromatic heterocycles. The second kappa shape index (κ2) is 4.47. The molecule has 88 valence electrons. The molecule has 0 bridgehead atoms. The summed E-state index contributed by atoms with van der Waals surface area (Å²) < 4.78 is 13.3. The van der Waals surface area contributed by atoms with Crippen molar-refractivity contribution >= 4 is 23.0 Å². The molecule has 1 atom stereocenters. The minimum atomic E-state index is -0.460. The normalized spacial score (nSPS) is 20.4. The third kappa shape index (κ3) is 2.08. The molecule has 1 fully saturated rings. The van der Waals surface area contributed by atoms with E-state index in [-0.39, 0.29) is 17.5 Å². The summed E-state index contributed by atoms with van der Waals surface area (Å²) in [4.78, 5) is 1.98. The number of nitrogen functional groups attached to an aromatic ring is 1. The summed E-state index contributed by atoms with van der Waals surface area (Å²) >= 11 is 5.64. The number of hydrogen-bond acceptors (Lipinski definition) is 3. The van der Waals surface area contributed by atoms with Crippen LogP contribution in [-0.2, 0) is 0 Å². The summed E-state index contributed by atoms with van der Waals surface area (Å²) in [5, 5.41) is 9.09. The first-order valence-corrected chi connectivity index (χ1v) is 5.60. The van der Waals surface area contributed by atoms with Crippen LogP contribution in [0, 0.1) is 11.7 Å². The minimum absolute atomic E-state index is 0.0409. The van der Waals surface area contributed by atoms with Gasteiger partial charge in [-0.15, -0.1) is 0 Å². The van der Waals surface area contributed by atoms with Gasteiger partial charge < -0.3 is 15.7 Å². The molecule has 1 aromatic carbocycles. The minimum Gasteiger partial charge on any atom is -0.397 e. The fourth-order valence-electron chi connectivity index (χ4n) is 2.03. The number of benzene rings is 1. The first-order chi connectivity index (χ1) is 7.61. The van der Waals surface area contributed by atoms with E-state index in [9.17, 15) is 4.39 Å². The topological polar surface area (TPSA) is 49.5 Å². The van der Waals surface area contributed by atoms with Crippen LogP contribution in [0.2, 0.25) is 5.02 Å². The Morgan fingerprint density at radius 2 is 2.31 bits per heavy atom. The highest BCUT2D eigenvalue weighted by Crippen LogP contribution is 2.32. The van der Waals surface area contributed by atoms with Crippen LogP contribution in [0.5, 0.6) is 0 Å². The largest absolute Gasteiger partial charge is 0.397 e. The average Bonchev–Trinajstić information content (AvgIpc) is 2.71. The number of nitrogens with zero attached hydrogens (tertiary/aromatic N) is 1. The molecule has 16 heavy (non-hydrogen) atoms. The smallest absolute Gasteiger partial charge is 0.144 e. The molecule has 1 saturated heterocycles. The van der Waals surface area contributed by atoms with E-state index in [1.807, 2.05) is 4.90 Å². The lowest BCUT2D eigenvalue weighted by molar-refractivity contribution is 0.238. The highest BCUT2D eigenvalue weighted by Gasteiger charge is 2.23. The molecule has 1 unspecified atom stereocenters. The van der Waals surface area contributed by atoms with Gasteiger partial charge in [0.25, 0.3) is 0 Å². The maximum absolute atomic E-state index is 13.3. The Morgan fingerprint density at radius 1 is 1.56 bits per heavy atom. The molecule has 1 aliphatic heterocycles.